The fraction of sp³-hybridized carbons (Fsp3) is 0.409. The number of anilines is 1. The third kappa shape index (κ3) is 4.18. The van der Waals surface area contributed by atoms with Gasteiger partial charge in [0, 0.05) is 24.5 Å². The maximum Gasteiger partial charge on any atom is 0.301 e. The number of aryl methyl sites for hydroxylation is 1. The Hall–Kier alpha value is -3.05. The first kappa shape index (κ1) is 24.6. The lowest BCUT2D eigenvalue weighted by Crippen LogP contribution is -2.55. The molecule has 0 spiro atoms. The number of ketones is 1. The van der Waals surface area contributed by atoms with Gasteiger partial charge in [0.05, 0.1) is 16.5 Å². The molecule has 1 heterocycles. The summed E-state index contributed by atoms with van der Waals surface area (Å²) in [6, 6.07) is 3.44. The first-order valence-corrected chi connectivity index (χ1v) is 11.9. The fourth-order valence-corrected chi connectivity index (χ4v) is 5.60. The van der Waals surface area contributed by atoms with Crippen molar-refractivity contribution in [2.24, 2.45) is 12.8 Å². The van der Waals surface area contributed by atoms with E-state index in [1.54, 1.807) is 20.9 Å². The van der Waals surface area contributed by atoms with Crippen LogP contribution in [0.5, 0.6) is 0 Å². The van der Waals surface area contributed by atoms with Crippen LogP contribution in [0.15, 0.2) is 18.2 Å². The van der Waals surface area contributed by atoms with Crippen LogP contribution in [0.2, 0.25) is 0 Å². The molecule has 0 aliphatic heterocycles. The predicted molar refractivity (Wildman–Crippen MR) is 121 cm³/mol. The van der Waals surface area contributed by atoms with Gasteiger partial charge in [0.25, 0.3) is 11.7 Å². The van der Waals surface area contributed by atoms with Gasteiger partial charge in [-0.25, -0.2) is 17.5 Å². The molecule has 11 heteroatoms. The molecule has 3 rings (SSSR count). The second-order valence-electron chi connectivity index (χ2n) is 8.29. The highest BCUT2D eigenvalue weighted by Crippen LogP contribution is 2.35. The summed E-state index contributed by atoms with van der Waals surface area (Å²) in [7, 11) is -0.666. The Morgan fingerprint density at radius 1 is 1.18 bits per heavy atom. The summed E-state index contributed by atoms with van der Waals surface area (Å²) in [6.45, 7) is 4.69. The average molecular weight is 479 g/mol. The number of amides is 2. The van der Waals surface area contributed by atoms with E-state index in [4.69, 9.17) is 5.73 Å². The Morgan fingerprint density at radius 3 is 2.27 bits per heavy atom. The zero-order valence-corrected chi connectivity index (χ0v) is 19.9. The number of hydrogen-bond donors (Lipinski definition) is 2. The minimum atomic E-state index is -3.54. The highest BCUT2D eigenvalue weighted by atomic mass is 32.2. The van der Waals surface area contributed by atoms with Crippen LogP contribution in [-0.4, -0.2) is 48.9 Å². The summed E-state index contributed by atoms with van der Waals surface area (Å²) in [4.78, 5) is 39.9. The highest BCUT2D eigenvalue weighted by Gasteiger charge is 2.45. The minimum Gasteiger partial charge on any atom is -0.366 e. The molecule has 33 heavy (non-hydrogen) atoms. The molecule has 2 amide bonds. The molecule has 1 aromatic carbocycles. The van der Waals surface area contributed by atoms with Crippen molar-refractivity contribution in [1.29, 1.82) is 0 Å². The summed E-state index contributed by atoms with van der Waals surface area (Å²) in [5.41, 5.74) is 6.94. The van der Waals surface area contributed by atoms with Crippen LogP contribution < -0.4 is 15.4 Å². The standard InChI is InChI=1S/C22H27FN4O5S/c1-11-8-14(6-7-17(11)23)27(15-9-16(10-15)33(31,32)25-4)22(30)20(28)19-12(2)18(21(24)29)13(3)26(19)5/h6-8,15-16,25H,9-10H2,1-5H3,(H2,24,29). The van der Waals surface area contributed by atoms with E-state index in [1.807, 2.05) is 0 Å². The number of hydrogen-bond acceptors (Lipinski definition) is 5. The molecule has 2 aromatic rings. The van der Waals surface area contributed by atoms with Gasteiger partial charge >= 0.3 is 5.91 Å². The van der Waals surface area contributed by atoms with Crippen LogP contribution in [0.3, 0.4) is 0 Å². The van der Waals surface area contributed by atoms with E-state index >= 15 is 0 Å². The maximum absolute atomic E-state index is 13.9. The van der Waals surface area contributed by atoms with Crippen molar-refractivity contribution in [1.82, 2.24) is 9.29 Å². The van der Waals surface area contributed by atoms with E-state index in [-0.39, 0.29) is 35.3 Å². The minimum absolute atomic E-state index is 0.0221. The van der Waals surface area contributed by atoms with Gasteiger partial charge in [0.15, 0.2) is 0 Å². The molecule has 0 atom stereocenters. The summed E-state index contributed by atoms with van der Waals surface area (Å²) >= 11 is 0. The van der Waals surface area contributed by atoms with E-state index in [0.29, 0.717) is 11.3 Å². The second-order valence-corrected chi connectivity index (χ2v) is 10.5. The molecular weight excluding hydrogens is 451 g/mol. The van der Waals surface area contributed by atoms with E-state index in [9.17, 15) is 27.2 Å². The molecule has 1 aliphatic carbocycles. The van der Waals surface area contributed by atoms with Crippen LogP contribution in [0.25, 0.3) is 0 Å². The van der Waals surface area contributed by atoms with Gasteiger partial charge in [-0.3, -0.25) is 14.4 Å². The number of aromatic nitrogens is 1. The van der Waals surface area contributed by atoms with E-state index in [1.165, 1.54) is 41.6 Å². The molecule has 9 nitrogen and oxygen atoms in total. The number of Topliss-reactive ketones (excluding diaryl/α,β-unsaturated/α-hetero) is 1. The van der Waals surface area contributed by atoms with Crippen molar-refractivity contribution in [2.75, 3.05) is 11.9 Å². The normalized spacial score (nSPS) is 18.0. The Morgan fingerprint density at radius 2 is 1.79 bits per heavy atom. The second kappa shape index (κ2) is 8.71. The Balaban J connectivity index is 2.04. The van der Waals surface area contributed by atoms with Crippen LogP contribution in [0.1, 0.15) is 50.5 Å². The summed E-state index contributed by atoms with van der Waals surface area (Å²) in [5.74, 6) is -2.95. The average Bonchev–Trinajstić information content (AvgIpc) is 2.93. The number of primary amides is 1. The first-order valence-electron chi connectivity index (χ1n) is 10.3. The zero-order chi connectivity index (χ0) is 24.8. The molecule has 0 saturated heterocycles. The molecule has 1 aliphatic rings. The summed E-state index contributed by atoms with van der Waals surface area (Å²) in [5, 5.41) is -0.708. The molecule has 3 N–H and O–H groups in total. The van der Waals surface area contributed by atoms with Crippen molar-refractivity contribution in [3.63, 3.8) is 0 Å². The lowest BCUT2D eigenvalue weighted by atomic mass is 9.89. The highest BCUT2D eigenvalue weighted by molar-refractivity contribution is 7.90. The quantitative estimate of drug-likeness (QED) is 0.460. The van der Waals surface area contributed by atoms with Crippen molar-refractivity contribution in [3.8, 4) is 0 Å². The zero-order valence-electron chi connectivity index (χ0n) is 19.1. The lowest BCUT2D eigenvalue weighted by Gasteiger charge is -2.42. The Kier molecular flexibility index (Phi) is 6.49. The number of carbonyl (C=O) groups is 3. The van der Waals surface area contributed by atoms with Gasteiger partial charge in [-0.1, -0.05) is 0 Å². The molecule has 0 unspecified atom stereocenters. The number of sulfonamides is 1. The van der Waals surface area contributed by atoms with Crippen molar-refractivity contribution in [3.05, 3.63) is 52.1 Å². The predicted octanol–water partition coefficient (Wildman–Crippen LogP) is 1.48. The van der Waals surface area contributed by atoms with Crippen LogP contribution in [0.4, 0.5) is 10.1 Å². The topological polar surface area (TPSA) is 132 Å². The number of halogens is 1. The van der Waals surface area contributed by atoms with Crippen LogP contribution >= 0.6 is 0 Å². The van der Waals surface area contributed by atoms with E-state index < -0.39 is 44.7 Å². The Bertz CT molecular complexity index is 1260. The monoisotopic (exact) mass is 478 g/mol. The number of nitrogens with one attached hydrogen (secondary N) is 1. The summed E-state index contributed by atoms with van der Waals surface area (Å²) in [6.07, 6.45) is 0.243. The first-order chi connectivity index (χ1) is 15.3. The third-order valence-electron chi connectivity index (χ3n) is 6.38. The molecule has 1 saturated carbocycles. The third-order valence-corrected chi connectivity index (χ3v) is 8.21. The van der Waals surface area contributed by atoms with Crippen LogP contribution in [-0.2, 0) is 21.9 Å². The number of nitrogens with two attached hydrogens (primary N) is 1. The van der Waals surface area contributed by atoms with Gasteiger partial charge in [0.2, 0.25) is 10.0 Å². The van der Waals surface area contributed by atoms with Crippen molar-refractivity contribution < 1.29 is 27.2 Å². The molecule has 0 bridgehead atoms. The number of nitrogens with zero attached hydrogens (tertiary/aromatic N) is 2. The van der Waals surface area contributed by atoms with E-state index in [2.05, 4.69) is 4.72 Å². The van der Waals surface area contributed by atoms with Crippen molar-refractivity contribution in [2.45, 2.75) is 44.9 Å². The van der Waals surface area contributed by atoms with E-state index in [0.717, 1.165) is 0 Å². The van der Waals surface area contributed by atoms with Crippen LogP contribution in [0, 0.1) is 26.6 Å². The lowest BCUT2D eigenvalue weighted by molar-refractivity contribution is -0.115. The van der Waals surface area contributed by atoms with Gasteiger partial charge in [-0.2, -0.15) is 0 Å². The Labute approximate surface area is 191 Å². The number of benzene rings is 1. The van der Waals surface area contributed by atoms with Gasteiger partial charge in [0.1, 0.15) is 5.82 Å². The largest absolute Gasteiger partial charge is 0.366 e. The molecule has 1 fully saturated rings. The molecular formula is C22H27FN4O5S. The fourth-order valence-electron chi connectivity index (χ4n) is 4.31. The molecule has 0 radical (unpaired) electrons. The van der Waals surface area contributed by atoms with Gasteiger partial charge < -0.3 is 15.2 Å². The molecule has 1 aromatic heterocycles. The van der Waals surface area contributed by atoms with Gasteiger partial charge in [-0.15, -0.1) is 0 Å². The maximum atomic E-state index is 13.9. The van der Waals surface area contributed by atoms with Gasteiger partial charge in [-0.05, 0) is 70.0 Å². The smallest absolute Gasteiger partial charge is 0.301 e. The summed E-state index contributed by atoms with van der Waals surface area (Å²) < 4.78 is 41.8. The SMILES string of the molecule is CNS(=O)(=O)C1CC(N(C(=O)C(=O)c2c(C)c(C(N)=O)c(C)n2C)c2ccc(F)c(C)c2)C1. The number of rotatable bonds is 7. The molecule has 178 valence electrons. The van der Waals surface area contributed by atoms with Crippen molar-refractivity contribution >= 4 is 33.3 Å². The number of carbonyl (C=O) groups excluding carboxylic acids is 3.